The summed E-state index contributed by atoms with van der Waals surface area (Å²) >= 11 is 0. The topological polar surface area (TPSA) is 53.3 Å². The van der Waals surface area contributed by atoms with Crippen LogP contribution in [0.2, 0.25) is 0 Å². The summed E-state index contributed by atoms with van der Waals surface area (Å²) in [4.78, 5) is 6.44. The molecule has 19 heavy (non-hydrogen) atoms. The molecule has 0 amide bonds. The second kappa shape index (κ2) is 7.03. The van der Waals surface area contributed by atoms with E-state index < -0.39 is 0 Å². The van der Waals surface area contributed by atoms with Crippen LogP contribution >= 0.6 is 0 Å². The van der Waals surface area contributed by atoms with Crippen LogP contribution in [0.5, 0.6) is 0 Å². The van der Waals surface area contributed by atoms with E-state index >= 15 is 0 Å². The molecule has 0 radical (unpaired) electrons. The highest BCUT2D eigenvalue weighted by molar-refractivity contribution is 4.96. The van der Waals surface area contributed by atoms with Gasteiger partial charge in [-0.1, -0.05) is 6.92 Å². The lowest BCUT2D eigenvalue weighted by atomic mass is 9.99. The zero-order valence-corrected chi connectivity index (χ0v) is 12.0. The first-order valence-corrected chi connectivity index (χ1v) is 7.21. The molecule has 5 heteroatoms. The molecule has 0 unspecified atom stereocenters. The van der Waals surface area contributed by atoms with E-state index in [9.17, 15) is 5.11 Å². The fraction of sp³-hybridized carbons (Fsp3) is 0.786. The number of piperidine rings is 1. The molecule has 1 aromatic heterocycles. The average Bonchev–Trinajstić information content (AvgIpc) is 2.78. The number of hydrogen-bond donors (Lipinski definition) is 2. The number of aliphatic hydroxyl groups is 1. The van der Waals surface area contributed by atoms with Gasteiger partial charge < -0.3 is 19.9 Å². The van der Waals surface area contributed by atoms with E-state index in [1.807, 2.05) is 17.8 Å². The summed E-state index contributed by atoms with van der Waals surface area (Å²) in [6.45, 7) is 6.73. The van der Waals surface area contributed by atoms with Gasteiger partial charge >= 0.3 is 0 Å². The van der Waals surface area contributed by atoms with E-state index in [0.29, 0.717) is 6.54 Å². The lowest BCUT2D eigenvalue weighted by Gasteiger charge is -2.31. The predicted octanol–water partition coefficient (Wildman–Crippen LogP) is 0.602. The third-order valence-corrected chi connectivity index (χ3v) is 3.95. The minimum Gasteiger partial charge on any atom is -0.390 e. The summed E-state index contributed by atoms with van der Waals surface area (Å²) in [5, 5.41) is 13.3. The van der Waals surface area contributed by atoms with Gasteiger partial charge in [-0.15, -0.1) is 0 Å². The van der Waals surface area contributed by atoms with Gasteiger partial charge in [-0.2, -0.15) is 0 Å². The van der Waals surface area contributed by atoms with Gasteiger partial charge in [0.05, 0.1) is 18.1 Å². The molecule has 0 spiro atoms. The van der Waals surface area contributed by atoms with Crippen molar-refractivity contribution in [3.63, 3.8) is 0 Å². The molecule has 108 valence electrons. The SMILES string of the molecule is CC1CCN(C[C@H](O)CNCc2cncn2C)CC1. The van der Waals surface area contributed by atoms with E-state index in [2.05, 4.69) is 22.1 Å². The standard InChI is InChI=1S/C14H26N4O/c1-12-3-5-18(6-4-12)10-14(19)9-15-7-13-8-16-11-17(13)2/h8,11-12,14-15,19H,3-7,9-10H2,1-2H3/t14-/m1/s1. The molecule has 5 nitrogen and oxygen atoms in total. The first-order valence-electron chi connectivity index (χ1n) is 7.21. The fourth-order valence-corrected chi connectivity index (χ4v) is 2.53. The largest absolute Gasteiger partial charge is 0.390 e. The normalized spacial score (nSPS) is 19.7. The van der Waals surface area contributed by atoms with Gasteiger partial charge in [0, 0.05) is 32.9 Å². The molecule has 1 aliphatic heterocycles. The minimum atomic E-state index is -0.290. The monoisotopic (exact) mass is 266 g/mol. The molecule has 2 rings (SSSR count). The number of nitrogens with one attached hydrogen (secondary N) is 1. The van der Waals surface area contributed by atoms with Crippen LogP contribution in [0, 0.1) is 5.92 Å². The maximum atomic E-state index is 10.0. The first kappa shape index (κ1) is 14.5. The minimum absolute atomic E-state index is 0.290. The number of likely N-dealkylation sites (tertiary alicyclic amines) is 1. The Labute approximate surface area is 115 Å². The van der Waals surface area contributed by atoms with Crippen molar-refractivity contribution in [1.82, 2.24) is 19.8 Å². The smallest absolute Gasteiger partial charge is 0.0945 e. The number of β-amino-alcohol motifs (C(OH)–C–C–N with tert-alkyl or cyclic N) is 1. The molecule has 1 aromatic rings. The highest BCUT2D eigenvalue weighted by atomic mass is 16.3. The van der Waals surface area contributed by atoms with Crippen molar-refractivity contribution in [1.29, 1.82) is 0 Å². The van der Waals surface area contributed by atoms with Crippen LogP contribution < -0.4 is 5.32 Å². The van der Waals surface area contributed by atoms with Gasteiger partial charge in [0.15, 0.2) is 0 Å². The second-order valence-corrected chi connectivity index (χ2v) is 5.76. The van der Waals surface area contributed by atoms with Crippen LogP contribution in [-0.4, -0.2) is 51.8 Å². The molecule has 2 N–H and O–H groups in total. The Hall–Kier alpha value is -0.910. The van der Waals surface area contributed by atoms with Crippen LogP contribution in [0.15, 0.2) is 12.5 Å². The molecule has 2 heterocycles. The number of hydrogen-bond acceptors (Lipinski definition) is 4. The predicted molar refractivity (Wildman–Crippen MR) is 75.8 cm³/mol. The van der Waals surface area contributed by atoms with Crippen LogP contribution in [0.4, 0.5) is 0 Å². The number of aromatic nitrogens is 2. The summed E-state index contributed by atoms with van der Waals surface area (Å²) in [7, 11) is 1.98. The molecule has 0 saturated carbocycles. The lowest BCUT2D eigenvalue weighted by Crippen LogP contribution is -2.41. The van der Waals surface area contributed by atoms with Gasteiger partial charge in [-0.25, -0.2) is 4.98 Å². The van der Waals surface area contributed by atoms with Crippen molar-refractivity contribution < 1.29 is 5.11 Å². The fourth-order valence-electron chi connectivity index (χ4n) is 2.53. The number of aryl methyl sites for hydroxylation is 1. The molecule has 1 atom stereocenters. The van der Waals surface area contributed by atoms with Crippen molar-refractivity contribution >= 4 is 0 Å². The highest BCUT2D eigenvalue weighted by Crippen LogP contribution is 2.15. The Kier molecular flexibility index (Phi) is 5.36. The molecular formula is C14H26N4O. The maximum Gasteiger partial charge on any atom is 0.0945 e. The molecule has 1 saturated heterocycles. The Morgan fingerprint density at radius 1 is 1.47 bits per heavy atom. The van der Waals surface area contributed by atoms with Crippen LogP contribution in [0.1, 0.15) is 25.5 Å². The van der Waals surface area contributed by atoms with E-state index in [0.717, 1.165) is 37.8 Å². The summed E-state index contributed by atoms with van der Waals surface area (Å²) in [5.41, 5.74) is 1.14. The van der Waals surface area contributed by atoms with Crippen molar-refractivity contribution in [3.05, 3.63) is 18.2 Å². The quantitative estimate of drug-likeness (QED) is 0.792. The van der Waals surface area contributed by atoms with E-state index in [1.54, 1.807) is 6.33 Å². The summed E-state index contributed by atoms with van der Waals surface area (Å²) in [6, 6.07) is 0. The van der Waals surface area contributed by atoms with Gasteiger partial charge in [-0.05, 0) is 31.8 Å². The molecule has 0 bridgehead atoms. The zero-order valence-electron chi connectivity index (χ0n) is 12.0. The Bertz CT molecular complexity index is 371. The lowest BCUT2D eigenvalue weighted by molar-refractivity contribution is 0.0906. The number of aliphatic hydroxyl groups excluding tert-OH is 1. The summed E-state index contributed by atoms with van der Waals surface area (Å²) in [6.07, 6.45) is 5.87. The molecular weight excluding hydrogens is 240 g/mol. The number of rotatable bonds is 6. The highest BCUT2D eigenvalue weighted by Gasteiger charge is 2.17. The van der Waals surface area contributed by atoms with E-state index in [-0.39, 0.29) is 6.10 Å². The van der Waals surface area contributed by atoms with Gasteiger partial charge in [0.25, 0.3) is 0 Å². The average molecular weight is 266 g/mol. The second-order valence-electron chi connectivity index (χ2n) is 5.76. The van der Waals surface area contributed by atoms with Crippen molar-refractivity contribution in [3.8, 4) is 0 Å². The summed E-state index contributed by atoms with van der Waals surface area (Å²) < 4.78 is 1.99. The van der Waals surface area contributed by atoms with Crippen LogP contribution in [0.25, 0.3) is 0 Å². The third-order valence-electron chi connectivity index (χ3n) is 3.95. The summed E-state index contributed by atoms with van der Waals surface area (Å²) in [5.74, 6) is 0.844. The molecule has 1 fully saturated rings. The number of nitrogens with zero attached hydrogens (tertiary/aromatic N) is 3. The maximum absolute atomic E-state index is 10.0. The first-order chi connectivity index (χ1) is 9.15. The van der Waals surface area contributed by atoms with Gasteiger partial charge in [0.2, 0.25) is 0 Å². The Morgan fingerprint density at radius 2 is 2.21 bits per heavy atom. The van der Waals surface area contributed by atoms with Crippen LogP contribution in [-0.2, 0) is 13.6 Å². The van der Waals surface area contributed by atoms with E-state index in [4.69, 9.17) is 0 Å². The number of imidazole rings is 1. The van der Waals surface area contributed by atoms with Crippen LogP contribution in [0.3, 0.4) is 0 Å². The van der Waals surface area contributed by atoms with Gasteiger partial charge in [0.1, 0.15) is 0 Å². The zero-order chi connectivity index (χ0) is 13.7. The van der Waals surface area contributed by atoms with E-state index in [1.165, 1.54) is 12.8 Å². The Morgan fingerprint density at radius 3 is 2.84 bits per heavy atom. The molecule has 1 aliphatic rings. The molecule has 0 aliphatic carbocycles. The van der Waals surface area contributed by atoms with Gasteiger partial charge in [-0.3, -0.25) is 0 Å². The van der Waals surface area contributed by atoms with Crippen molar-refractivity contribution in [2.24, 2.45) is 13.0 Å². The molecule has 0 aromatic carbocycles. The van der Waals surface area contributed by atoms with Crippen molar-refractivity contribution in [2.75, 3.05) is 26.2 Å². The van der Waals surface area contributed by atoms with Crippen molar-refractivity contribution in [2.45, 2.75) is 32.4 Å². The third kappa shape index (κ3) is 4.60. The Balaban J connectivity index is 1.62.